The molecule has 2 atom stereocenters. The third-order valence-corrected chi connectivity index (χ3v) is 3.07. The van der Waals surface area contributed by atoms with Crippen LogP contribution >= 0.6 is 0 Å². The van der Waals surface area contributed by atoms with Gasteiger partial charge >= 0.3 is 5.97 Å². The Bertz CT molecular complexity index is 420. The molecule has 18 heavy (non-hydrogen) atoms. The van der Waals surface area contributed by atoms with E-state index in [1.54, 1.807) is 6.07 Å². The molecule has 0 amide bonds. The molecule has 0 aliphatic carbocycles. The van der Waals surface area contributed by atoms with E-state index in [1.807, 2.05) is 6.92 Å². The van der Waals surface area contributed by atoms with Gasteiger partial charge in [-0.1, -0.05) is 20.3 Å². The molecule has 3 nitrogen and oxygen atoms in total. The van der Waals surface area contributed by atoms with Crippen LogP contribution < -0.4 is 5.32 Å². The van der Waals surface area contributed by atoms with E-state index in [4.69, 9.17) is 5.11 Å². The zero-order valence-corrected chi connectivity index (χ0v) is 11.0. The van der Waals surface area contributed by atoms with Crippen molar-refractivity contribution in [3.05, 3.63) is 29.6 Å². The van der Waals surface area contributed by atoms with Crippen molar-refractivity contribution in [2.45, 2.75) is 39.7 Å². The Morgan fingerprint density at radius 1 is 1.44 bits per heavy atom. The highest BCUT2D eigenvalue weighted by Gasteiger charge is 2.12. The molecule has 0 aliphatic heterocycles. The number of aromatic carboxylic acids is 1. The lowest BCUT2D eigenvalue weighted by molar-refractivity contribution is 0.0692. The van der Waals surface area contributed by atoms with Crippen molar-refractivity contribution < 1.29 is 14.3 Å². The van der Waals surface area contributed by atoms with E-state index in [0.29, 0.717) is 11.6 Å². The standard InChI is InChI=1S/C14H20FNO2/c1-4-9(2)7-10(3)16-11-5-6-12(14(17)18)13(15)8-11/h5-6,8-10,16H,4,7H2,1-3H3,(H,17,18). The highest BCUT2D eigenvalue weighted by atomic mass is 19.1. The van der Waals surface area contributed by atoms with Gasteiger partial charge in [0.25, 0.3) is 0 Å². The molecule has 0 bridgehead atoms. The van der Waals surface area contributed by atoms with Gasteiger partial charge in [-0.3, -0.25) is 0 Å². The zero-order chi connectivity index (χ0) is 13.7. The second-order valence-electron chi connectivity index (χ2n) is 4.79. The minimum absolute atomic E-state index is 0.232. The van der Waals surface area contributed by atoms with Gasteiger partial charge in [-0.25, -0.2) is 9.18 Å². The minimum atomic E-state index is -1.24. The molecule has 0 aliphatic rings. The van der Waals surface area contributed by atoms with Crippen LogP contribution in [0.5, 0.6) is 0 Å². The normalized spacial score (nSPS) is 14.0. The third kappa shape index (κ3) is 4.02. The molecule has 0 fully saturated rings. The van der Waals surface area contributed by atoms with Crippen molar-refractivity contribution >= 4 is 11.7 Å². The van der Waals surface area contributed by atoms with Gasteiger partial charge in [0.1, 0.15) is 5.82 Å². The second-order valence-corrected chi connectivity index (χ2v) is 4.79. The Labute approximate surface area is 107 Å². The van der Waals surface area contributed by atoms with Gasteiger partial charge in [-0.15, -0.1) is 0 Å². The quantitative estimate of drug-likeness (QED) is 0.811. The maximum Gasteiger partial charge on any atom is 0.338 e. The predicted octanol–water partition coefficient (Wildman–Crippen LogP) is 3.76. The molecule has 2 N–H and O–H groups in total. The van der Waals surface area contributed by atoms with E-state index in [2.05, 4.69) is 19.2 Å². The van der Waals surface area contributed by atoms with Crippen LogP contribution in [-0.4, -0.2) is 17.1 Å². The zero-order valence-electron chi connectivity index (χ0n) is 11.0. The molecule has 4 heteroatoms. The predicted molar refractivity (Wildman–Crippen MR) is 70.5 cm³/mol. The van der Waals surface area contributed by atoms with Crippen molar-refractivity contribution in [3.8, 4) is 0 Å². The Balaban J connectivity index is 2.68. The Morgan fingerprint density at radius 2 is 2.11 bits per heavy atom. The molecule has 0 spiro atoms. The average molecular weight is 253 g/mol. The monoisotopic (exact) mass is 253 g/mol. The summed E-state index contributed by atoms with van der Waals surface area (Å²) in [5, 5.41) is 11.9. The van der Waals surface area contributed by atoms with Gasteiger partial charge < -0.3 is 10.4 Å². The van der Waals surface area contributed by atoms with Gasteiger partial charge in [0, 0.05) is 11.7 Å². The van der Waals surface area contributed by atoms with Gasteiger partial charge in [0.05, 0.1) is 5.56 Å². The molecule has 1 rings (SSSR count). The van der Waals surface area contributed by atoms with E-state index in [0.717, 1.165) is 12.8 Å². The number of carbonyl (C=O) groups is 1. The second kappa shape index (κ2) is 6.38. The largest absolute Gasteiger partial charge is 0.478 e. The minimum Gasteiger partial charge on any atom is -0.478 e. The van der Waals surface area contributed by atoms with Gasteiger partial charge in [-0.05, 0) is 37.5 Å². The van der Waals surface area contributed by atoms with E-state index in [1.165, 1.54) is 12.1 Å². The molecule has 0 saturated heterocycles. The van der Waals surface area contributed by atoms with Crippen LogP contribution in [0.1, 0.15) is 44.0 Å². The van der Waals surface area contributed by atoms with E-state index in [-0.39, 0.29) is 11.6 Å². The number of benzene rings is 1. The van der Waals surface area contributed by atoms with Crippen molar-refractivity contribution in [2.24, 2.45) is 5.92 Å². The summed E-state index contributed by atoms with van der Waals surface area (Å²) in [5.41, 5.74) is 0.323. The first-order valence-electron chi connectivity index (χ1n) is 6.23. The first kappa shape index (κ1) is 14.5. The van der Waals surface area contributed by atoms with E-state index in [9.17, 15) is 9.18 Å². The summed E-state index contributed by atoms with van der Waals surface area (Å²) in [6.07, 6.45) is 2.11. The summed E-state index contributed by atoms with van der Waals surface area (Å²) in [4.78, 5) is 10.7. The smallest absolute Gasteiger partial charge is 0.338 e. The lowest BCUT2D eigenvalue weighted by Crippen LogP contribution is -2.18. The number of anilines is 1. The third-order valence-electron chi connectivity index (χ3n) is 3.07. The van der Waals surface area contributed by atoms with Crippen LogP contribution in [0.2, 0.25) is 0 Å². The van der Waals surface area contributed by atoms with Gasteiger partial charge in [0.15, 0.2) is 0 Å². The highest BCUT2D eigenvalue weighted by Crippen LogP contribution is 2.18. The maximum absolute atomic E-state index is 13.5. The van der Waals surface area contributed by atoms with Crippen molar-refractivity contribution in [2.75, 3.05) is 5.32 Å². The fourth-order valence-electron chi connectivity index (χ4n) is 1.89. The number of halogens is 1. The number of carboxylic acids is 1. The van der Waals surface area contributed by atoms with Gasteiger partial charge in [-0.2, -0.15) is 0 Å². The molecule has 1 aromatic carbocycles. The molecular formula is C14H20FNO2. The molecule has 100 valence electrons. The van der Waals surface area contributed by atoms with Crippen LogP contribution in [0.25, 0.3) is 0 Å². The Hall–Kier alpha value is -1.58. The fraction of sp³-hybridized carbons (Fsp3) is 0.500. The van der Waals surface area contributed by atoms with Crippen LogP contribution in [0, 0.1) is 11.7 Å². The Kier molecular flexibility index (Phi) is 5.13. The summed E-state index contributed by atoms with van der Waals surface area (Å²) in [6, 6.07) is 4.35. The lowest BCUT2D eigenvalue weighted by atomic mass is 10.00. The number of hydrogen-bond donors (Lipinski definition) is 2. The molecule has 1 aromatic rings. The average Bonchev–Trinajstić information content (AvgIpc) is 2.28. The SMILES string of the molecule is CCC(C)CC(C)Nc1ccc(C(=O)O)c(F)c1. The molecule has 2 unspecified atom stereocenters. The summed E-state index contributed by atoms with van der Waals surface area (Å²) >= 11 is 0. The number of carboxylic acid groups (broad SMARTS) is 1. The van der Waals surface area contributed by atoms with Crippen molar-refractivity contribution in [1.82, 2.24) is 0 Å². The van der Waals surface area contributed by atoms with E-state index >= 15 is 0 Å². The molecule has 0 heterocycles. The molecular weight excluding hydrogens is 233 g/mol. The number of hydrogen-bond acceptors (Lipinski definition) is 2. The molecule has 0 saturated carbocycles. The van der Waals surface area contributed by atoms with Crippen LogP contribution in [0.4, 0.5) is 10.1 Å². The number of rotatable bonds is 6. The first-order valence-corrected chi connectivity index (χ1v) is 6.23. The van der Waals surface area contributed by atoms with E-state index < -0.39 is 11.8 Å². The van der Waals surface area contributed by atoms with Crippen molar-refractivity contribution in [1.29, 1.82) is 0 Å². The van der Waals surface area contributed by atoms with Gasteiger partial charge in [0.2, 0.25) is 0 Å². The van der Waals surface area contributed by atoms with Crippen molar-refractivity contribution in [3.63, 3.8) is 0 Å². The van der Waals surface area contributed by atoms with Crippen LogP contribution in [-0.2, 0) is 0 Å². The van der Waals surface area contributed by atoms with Crippen LogP contribution in [0.15, 0.2) is 18.2 Å². The fourth-order valence-corrected chi connectivity index (χ4v) is 1.89. The number of nitrogens with one attached hydrogen (secondary N) is 1. The lowest BCUT2D eigenvalue weighted by Gasteiger charge is -2.18. The summed E-state index contributed by atoms with van der Waals surface area (Å²) in [6.45, 7) is 6.35. The summed E-state index contributed by atoms with van der Waals surface area (Å²) < 4.78 is 13.5. The highest BCUT2D eigenvalue weighted by molar-refractivity contribution is 5.88. The summed E-state index contributed by atoms with van der Waals surface area (Å²) in [5.74, 6) is -1.34. The molecule has 0 aromatic heterocycles. The Morgan fingerprint density at radius 3 is 2.61 bits per heavy atom. The summed E-state index contributed by atoms with van der Waals surface area (Å²) in [7, 11) is 0. The van der Waals surface area contributed by atoms with Crippen LogP contribution in [0.3, 0.4) is 0 Å². The molecule has 0 radical (unpaired) electrons. The topological polar surface area (TPSA) is 49.3 Å². The first-order chi connectivity index (χ1) is 8.43. The maximum atomic E-state index is 13.5.